The largest absolute Gasteiger partial charge is 0.468 e. The molecule has 33 heavy (non-hydrogen) atoms. The molecule has 0 radical (unpaired) electrons. The number of hydrogen-bond acceptors (Lipinski definition) is 5. The molecule has 0 aliphatic heterocycles. The van der Waals surface area contributed by atoms with Gasteiger partial charge >= 0.3 is 0 Å². The van der Waals surface area contributed by atoms with Gasteiger partial charge in [-0.15, -0.1) is 0 Å². The van der Waals surface area contributed by atoms with Crippen molar-refractivity contribution in [2.45, 2.75) is 33.3 Å². The predicted molar refractivity (Wildman–Crippen MR) is 127 cm³/mol. The number of sulfonamides is 1. The minimum Gasteiger partial charge on any atom is -0.468 e. The smallest absolute Gasteiger partial charge is 0.267 e. The van der Waals surface area contributed by atoms with Crippen molar-refractivity contribution in [2.24, 2.45) is 0 Å². The second-order valence-electron chi connectivity index (χ2n) is 7.79. The third kappa shape index (κ3) is 6.09. The fourth-order valence-corrected chi connectivity index (χ4v) is 4.01. The van der Waals surface area contributed by atoms with Crippen molar-refractivity contribution in [3.05, 3.63) is 81.8 Å². The molecule has 174 valence electrons. The number of amides is 1. The van der Waals surface area contributed by atoms with E-state index in [1.165, 1.54) is 12.3 Å². The van der Waals surface area contributed by atoms with E-state index in [1.54, 1.807) is 17.7 Å². The maximum absolute atomic E-state index is 14.6. The Labute approximate surface area is 197 Å². The topological polar surface area (TPSA) is 85.4 Å². The van der Waals surface area contributed by atoms with Gasteiger partial charge in [-0.05, 0) is 55.2 Å². The van der Waals surface area contributed by atoms with Crippen molar-refractivity contribution in [1.82, 2.24) is 9.71 Å². The van der Waals surface area contributed by atoms with Gasteiger partial charge in [-0.1, -0.05) is 48.4 Å². The highest BCUT2D eigenvalue weighted by molar-refractivity contribution is 7.89. The third-order valence-electron chi connectivity index (χ3n) is 5.03. The summed E-state index contributed by atoms with van der Waals surface area (Å²) in [5.74, 6) is -1.64. The summed E-state index contributed by atoms with van der Waals surface area (Å²) >= 11 is 6.43. The fraction of sp³-hybridized carbons (Fsp3) is 0.250. The summed E-state index contributed by atoms with van der Waals surface area (Å²) in [5, 5.41) is 0.261. The molecule has 0 aliphatic carbocycles. The number of carbonyl (C=O) groups is 1. The first-order valence-electron chi connectivity index (χ1n) is 10.2. The molecule has 1 aromatic heterocycles. The van der Waals surface area contributed by atoms with Crippen molar-refractivity contribution in [1.29, 1.82) is 0 Å². The minimum atomic E-state index is -3.82. The average Bonchev–Trinajstić information content (AvgIpc) is 2.73. The van der Waals surface area contributed by atoms with E-state index in [-0.39, 0.29) is 22.6 Å². The van der Waals surface area contributed by atoms with E-state index in [0.29, 0.717) is 23.1 Å². The molecular formula is C24H24ClFN2O4S. The predicted octanol–water partition coefficient (Wildman–Crippen LogP) is 5.38. The zero-order valence-electron chi connectivity index (χ0n) is 18.6. The first-order chi connectivity index (χ1) is 15.5. The molecule has 0 saturated carbocycles. The number of nitrogens with zero attached hydrogens (tertiary/aromatic N) is 1. The number of nitrogens with one attached hydrogen (secondary N) is 1. The molecule has 3 rings (SSSR count). The first-order valence-corrected chi connectivity index (χ1v) is 12.5. The van der Waals surface area contributed by atoms with Crippen LogP contribution in [0.25, 0.3) is 11.1 Å². The van der Waals surface area contributed by atoms with Crippen LogP contribution in [0.3, 0.4) is 0 Å². The number of halogens is 2. The van der Waals surface area contributed by atoms with Crippen LogP contribution in [-0.2, 0) is 10.0 Å². The summed E-state index contributed by atoms with van der Waals surface area (Å²) in [6.07, 6.45) is 2.82. The van der Waals surface area contributed by atoms with Gasteiger partial charge in [-0.2, -0.15) is 0 Å². The third-order valence-corrected chi connectivity index (χ3v) is 5.86. The molecule has 0 fully saturated rings. The van der Waals surface area contributed by atoms with Gasteiger partial charge in [0.15, 0.2) is 0 Å². The number of pyridine rings is 1. The van der Waals surface area contributed by atoms with Crippen LogP contribution < -0.4 is 9.46 Å². The summed E-state index contributed by atoms with van der Waals surface area (Å²) in [6.45, 7) is 5.69. The fourth-order valence-electron chi connectivity index (χ4n) is 3.35. The summed E-state index contributed by atoms with van der Waals surface area (Å²) in [5.41, 5.74) is 3.33. The van der Waals surface area contributed by atoms with Crippen molar-refractivity contribution in [2.75, 3.05) is 6.26 Å². The molecule has 2 aromatic carbocycles. The minimum absolute atomic E-state index is 0.228. The molecule has 3 aromatic rings. The number of ether oxygens (including phenoxy) is 1. The highest BCUT2D eigenvalue weighted by Gasteiger charge is 2.19. The Balaban J connectivity index is 1.88. The zero-order valence-corrected chi connectivity index (χ0v) is 20.2. The highest BCUT2D eigenvalue weighted by Crippen LogP contribution is 2.34. The Bertz CT molecular complexity index is 1290. The van der Waals surface area contributed by atoms with Crippen molar-refractivity contribution < 1.29 is 22.3 Å². The van der Waals surface area contributed by atoms with Gasteiger partial charge in [0, 0.05) is 11.8 Å². The maximum atomic E-state index is 14.6. The van der Waals surface area contributed by atoms with Gasteiger partial charge in [-0.3, -0.25) is 4.79 Å². The summed E-state index contributed by atoms with van der Waals surface area (Å²) < 4.78 is 45.0. The van der Waals surface area contributed by atoms with Gasteiger partial charge in [0.2, 0.25) is 15.9 Å². The van der Waals surface area contributed by atoms with Crippen LogP contribution in [0.5, 0.6) is 5.88 Å². The summed E-state index contributed by atoms with van der Waals surface area (Å²) in [7, 11) is -3.82. The standard InChI is InChI=1S/C24H24ClFN2O4S/c1-5-22(16-8-6-14(2)7-9-16)32-24-20(25)11-17(13-27-24)18-12-21(26)19(10-15(18)3)23(29)28-33(4,30)31/h6-13,22H,5H2,1-4H3,(H,28,29)/t22-/m1/s1. The molecule has 0 unspecified atom stereocenters. The quantitative estimate of drug-likeness (QED) is 0.480. The molecular weight excluding hydrogens is 467 g/mol. The molecule has 0 bridgehead atoms. The number of carbonyl (C=O) groups excluding carboxylic acids is 1. The Hall–Kier alpha value is -2.97. The van der Waals surface area contributed by atoms with Gasteiger partial charge in [0.1, 0.15) is 16.9 Å². The van der Waals surface area contributed by atoms with Crippen LogP contribution in [0.1, 0.15) is 46.5 Å². The van der Waals surface area contributed by atoms with Crippen molar-refractivity contribution in [3.8, 4) is 17.0 Å². The Kier molecular flexibility index (Phi) is 7.39. The van der Waals surface area contributed by atoms with Gasteiger partial charge < -0.3 is 4.74 Å². The highest BCUT2D eigenvalue weighted by atomic mass is 35.5. The second kappa shape index (κ2) is 9.89. The van der Waals surface area contributed by atoms with Crippen LogP contribution >= 0.6 is 11.6 Å². The summed E-state index contributed by atoms with van der Waals surface area (Å²) in [4.78, 5) is 16.4. The number of aromatic nitrogens is 1. The maximum Gasteiger partial charge on any atom is 0.267 e. The van der Waals surface area contributed by atoms with Crippen LogP contribution in [0.4, 0.5) is 4.39 Å². The lowest BCUT2D eigenvalue weighted by atomic mass is 9.99. The lowest BCUT2D eigenvalue weighted by Crippen LogP contribution is -2.30. The molecule has 6 nitrogen and oxygen atoms in total. The molecule has 0 saturated heterocycles. The van der Waals surface area contributed by atoms with Gasteiger partial charge in [0.05, 0.1) is 11.8 Å². The van der Waals surface area contributed by atoms with Crippen LogP contribution in [0.2, 0.25) is 5.02 Å². The van der Waals surface area contributed by atoms with Crippen molar-refractivity contribution >= 4 is 27.5 Å². The zero-order chi connectivity index (χ0) is 24.3. The Morgan fingerprint density at radius 2 is 1.85 bits per heavy atom. The van der Waals surface area contributed by atoms with Gasteiger partial charge in [0.25, 0.3) is 5.91 Å². The molecule has 1 atom stereocenters. The average molecular weight is 491 g/mol. The van der Waals surface area contributed by atoms with Crippen LogP contribution in [0, 0.1) is 19.7 Å². The number of rotatable bonds is 7. The SMILES string of the molecule is CC[C@@H](Oc1ncc(-c2cc(F)c(C(=O)NS(C)(=O)=O)cc2C)cc1Cl)c1ccc(C)cc1. The Morgan fingerprint density at radius 1 is 1.18 bits per heavy atom. The number of hydrogen-bond donors (Lipinski definition) is 1. The molecule has 9 heteroatoms. The van der Waals surface area contributed by atoms with Crippen LogP contribution in [0.15, 0.2) is 48.7 Å². The lowest BCUT2D eigenvalue weighted by Gasteiger charge is -2.19. The summed E-state index contributed by atoms with van der Waals surface area (Å²) in [6, 6.07) is 12.1. The number of aryl methyl sites for hydroxylation is 2. The van der Waals surface area contributed by atoms with E-state index < -0.39 is 21.7 Å². The first kappa shape index (κ1) is 24.7. The van der Waals surface area contributed by atoms with Crippen molar-refractivity contribution in [3.63, 3.8) is 0 Å². The van der Waals surface area contributed by atoms with E-state index in [0.717, 1.165) is 23.4 Å². The molecule has 0 aliphatic rings. The number of benzene rings is 2. The molecule has 1 heterocycles. The van der Waals surface area contributed by atoms with E-state index in [9.17, 15) is 17.6 Å². The lowest BCUT2D eigenvalue weighted by molar-refractivity contribution is 0.0977. The van der Waals surface area contributed by atoms with E-state index >= 15 is 0 Å². The molecule has 0 spiro atoms. The Morgan fingerprint density at radius 3 is 2.42 bits per heavy atom. The van der Waals surface area contributed by atoms with E-state index in [4.69, 9.17) is 16.3 Å². The molecule has 1 N–H and O–H groups in total. The van der Waals surface area contributed by atoms with Gasteiger partial charge in [-0.25, -0.2) is 22.5 Å². The monoisotopic (exact) mass is 490 g/mol. The van der Waals surface area contributed by atoms with Crippen LogP contribution in [-0.4, -0.2) is 25.6 Å². The molecule has 1 amide bonds. The van der Waals surface area contributed by atoms with E-state index in [1.807, 2.05) is 38.1 Å². The van der Waals surface area contributed by atoms with E-state index in [2.05, 4.69) is 4.98 Å². The second-order valence-corrected chi connectivity index (χ2v) is 9.94. The normalized spacial score (nSPS) is 12.3.